The summed E-state index contributed by atoms with van der Waals surface area (Å²) < 4.78 is 43.1. The lowest BCUT2D eigenvalue weighted by atomic mass is 9.80. The largest absolute Gasteiger partial charge is 0.469 e. The van der Waals surface area contributed by atoms with E-state index >= 15 is 0 Å². The molecular weight excluding hydrogens is 377 g/mol. The molecule has 1 aromatic rings. The van der Waals surface area contributed by atoms with Crippen molar-refractivity contribution in [2.45, 2.75) is 38.3 Å². The molecule has 2 atom stereocenters. The molecule has 1 aromatic carbocycles. The number of anilines is 1. The number of nitrogens with one attached hydrogen (secondary N) is 2. The van der Waals surface area contributed by atoms with E-state index in [0.29, 0.717) is 24.1 Å². The first-order chi connectivity index (χ1) is 13.2. The number of alkyl halides is 3. The van der Waals surface area contributed by atoms with Gasteiger partial charge < -0.3 is 15.4 Å². The highest BCUT2D eigenvalue weighted by Crippen LogP contribution is 2.40. The van der Waals surface area contributed by atoms with Crippen LogP contribution in [-0.4, -0.2) is 37.6 Å². The molecule has 0 saturated heterocycles. The molecule has 0 heterocycles. The van der Waals surface area contributed by atoms with Gasteiger partial charge in [0.25, 0.3) is 5.91 Å². The molecule has 1 fully saturated rings. The summed E-state index contributed by atoms with van der Waals surface area (Å²) in [7, 11) is 1.26. The molecule has 6 nitrogen and oxygen atoms in total. The molecule has 0 bridgehead atoms. The number of amides is 2. The summed E-state index contributed by atoms with van der Waals surface area (Å²) in [5.74, 6) is -3.38. The van der Waals surface area contributed by atoms with Gasteiger partial charge in [-0.25, -0.2) is 0 Å². The van der Waals surface area contributed by atoms with Crippen LogP contribution in [0.4, 0.5) is 18.9 Å². The van der Waals surface area contributed by atoms with E-state index in [-0.39, 0.29) is 31.7 Å². The molecule has 28 heavy (non-hydrogen) atoms. The number of carbonyl (C=O) groups excluding carboxylic acids is 3. The van der Waals surface area contributed by atoms with Gasteiger partial charge in [-0.15, -0.1) is 0 Å². The van der Waals surface area contributed by atoms with Crippen LogP contribution in [0, 0.1) is 11.8 Å². The topological polar surface area (TPSA) is 84.5 Å². The first-order valence-electron chi connectivity index (χ1n) is 9.03. The van der Waals surface area contributed by atoms with Gasteiger partial charge >= 0.3 is 12.1 Å². The van der Waals surface area contributed by atoms with Crippen molar-refractivity contribution in [2.75, 3.05) is 19.0 Å². The molecule has 1 aliphatic rings. The van der Waals surface area contributed by atoms with Crippen molar-refractivity contribution in [3.8, 4) is 0 Å². The smallest absolute Gasteiger partial charge is 0.391 e. The number of hydrogen-bond donors (Lipinski definition) is 2. The van der Waals surface area contributed by atoms with Gasteiger partial charge in [-0.05, 0) is 43.5 Å². The van der Waals surface area contributed by atoms with Crippen LogP contribution in [0.2, 0.25) is 0 Å². The fourth-order valence-corrected chi connectivity index (χ4v) is 3.16. The predicted molar refractivity (Wildman–Crippen MR) is 95.5 cm³/mol. The zero-order valence-corrected chi connectivity index (χ0v) is 15.5. The Balaban J connectivity index is 1.87. The van der Waals surface area contributed by atoms with Gasteiger partial charge in [-0.1, -0.05) is 6.42 Å². The normalized spacial score (nSPS) is 19.6. The fourth-order valence-electron chi connectivity index (χ4n) is 3.16. The van der Waals surface area contributed by atoms with E-state index in [2.05, 4.69) is 15.4 Å². The van der Waals surface area contributed by atoms with Crippen LogP contribution in [0.15, 0.2) is 24.3 Å². The average molecular weight is 400 g/mol. The number of rotatable bonds is 6. The molecule has 2 unspecified atom stereocenters. The molecule has 0 aliphatic heterocycles. The Hall–Kier alpha value is -2.58. The highest BCUT2D eigenvalue weighted by atomic mass is 19.4. The Bertz CT molecular complexity index is 704. The highest BCUT2D eigenvalue weighted by Gasteiger charge is 2.43. The van der Waals surface area contributed by atoms with Crippen molar-refractivity contribution in [1.29, 1.82) is 0 Å². The van der Waals surface area contributed by atoms with E-state index in [4.69, 9.17) is 0 Å². The van der Waals surface area contributed by atoms with E-state index in [1.54, 1.807) is 0 Å². The van der Waals surface area contributed by atoms with Gasteiger partial charge in [0, 0.05) is 23.7 Å². The van der Waals surface area contributed by atoms with Crippen LogP contribution in [0.5, 0.6) is 0 Å². The lowest BCUT2D eigenvalue weighted by molar-refractivity contribution is -0.185. The summed E-state index contributed by atoms with van der Waals surface area (Å²) in [6.45, 7) is 0.131. The molecule has 2 N–H and O–H groups in total. The zero-order valence-electron chi connectivity index (χ0n) is 15.5. The number of carbonyl (C=O) groups is 3. The van der Waals surface area contributed by atoms with Crippen molar-refractivity contribution in [3.05, 3.63) is 29.8 Å². The Morgan fingerprint density at radius 3 is 2.43 bits per heavy atom. The van der Waals surface area contributed by atoms with Crippen molar-refractivity contribution in [2.24, 2.45) is 11.8 Å². The van der Waals surface area contributed by atoms with Crippen LogP contribution < -0.4 is 10.6 Å². The molecule has 154 valence electrons. The van der Waals surface area contributed by atoms with E-state index < -0.39 is 29.9 Å². The fraction of sp³-hybridized carbons (Fsp3) is 0.526. The SMILES string of the molecule is COC(=O)CCNC(=O)c1ccc(NC(=O)C2CCCC(C(F)(F)F)C2)cc1. The van der Waals surface area contributed by atoms with Gasteiger partial charge in [-0.2, -0.15) is 13.2 Å². The second kappa shape index (κ2) is 9.57. The molecule has 1 saturated carbocycles. The van der Waals surface area contributed by atoms with E-state index in [0.717, 1.165) is 0 Å². The molecule has 0 aromatic heterocycles. The summed E-state index contributed by atoms with van der Waals surface area (Å²) >= 11 is 0. The molecule has 2 rings (SSSR count). The predicted octanol–water partition coefficient (Wildman–Crippen LogP) is 3.29. The number of benzene rings is 1. The molecule has 0 radical (unpaired) electrons. The first kappa shape index (κ1) is 21.7. The first-order valence-corrected chi connectivity index (χ1v) is 9.03. The van der Waals surface area contributed by atoms with Crippen molar-refractivity contribution >= 4 is 23.5 Å². The standard InChI is InChI=1S/C19H23F3N2O4/c1-28-16(25)9-10-23-17(26)12-5-7-15(8-6-12)24-18(27)13-3-2-4-14(11-13)19(20,21)22/h5-8,13-14H,2-4,9-11H2,1H3,(H,23,26)(H,24,27). The zero-order chi connectivity index (χ0) is 20.7. The third-order valence-electron chi connectivity index (χ3n) is 4.76. The second-order valence-corrected chi connectivity index (χ2v) is 6.75. The Morgan fingerprint density at radius 1 is 1.14 bits per heavy atom. The summed E-state index contributed by atoms with van der Waals surface area (Å²) in [6, 6.07) is 6.00. The van der Waals surface area contributed by atoms with Crippen LogP contribution >= 0.6 is 0 Å². The number of ether oxygens (including phenoxy) is 1. The van der Waals surface area contributed by atoms with Gasteiger partial charge in [0.15, 0.2) is 0 Å². The van der Waals surface area contributed by atoms with Crippen molar-refractivity contribution in [1.82, 2.24) is 5.32 Å². The van der Waals surface area contributed by atoms with E-state index in [1.807, 2.05) is 0 Å². The minimum Gasteiger partial charge on any atom is -0.469 e. The average Bonchev–Trinajstić information content (AvgIpc) is 2.67. The summed E-state index contributed by atoms with van der Waals surface area (Å²) in [5.41, 5.74) is 0.739. The lowest BCUT2D eigenvalue weighted by Crippen LogP contribution is -2.34. The molecule has 9 heteroatoms. The van der Waals surface area contributed by atoms with Crippen molar-refractivity contribution in [3.63, 3.8) is 0 Å². The number of hydrogen-bond acceptors (Lipinski definition) is 4. The van der Waals surface area contributed by atoms with Gasteiger partial charge in [0.2, 0.25) is 5.91 Å². The number of halogens is 3. The van der Waals surface area contributed by atoms with Crippen LogP contribution in [-0.2, 0) is 14.3 Å². The third kappa shape index (κ3) is 6.24. The Labute approximate surface area is 160 Å². The number of esters is 1. The van der Waals surface area contributed by atoms with Gasteiger partial charge in [-0.3, -0.25) is 14.4 Å². The number of methoxy groups -OCH3 is 1. The van der Waals surface area contributed by atoms with Gasteiger partial charge in [0.05, 0.1) is 19.4 Å². The third-order valence-corrected chi connectivity index (χ3v) is 4.76. The lowest BCUT2D eigenvalue weighted by Gasteiger charge is -2.29. The van der Waals surface area contributed by atoms with E-state index in [1.165, 1.54) is 31.4 Å². The minimum absolute atomic E-state index is 0.0523. The molecule has 2 amide bonds. The summed E-state index contributed by atoms with van der Waals surface area (Å²) in [6.07, 6.45) is -3.56. The maximum Gasteiger partial charge on any atom is 0.391 e. The Kier molecular flexibility index (Phi) is 7.42. The van der Waals surface area contributed by atoms with Gasteiger partial charge in [0.1, 0.15) is 0 Å². The minimum atomic E-state index is -4.28. The van der Waals surface area contributed by atoms with Crippen LogP contribution in [0.25, 0.3) is 0 Å². The summed E-state index contributed by atoms with van der Waals surface area (Å²) in [5, 5.41) is 5.18. The maximum atomic E-state index is 12.9. The molecule has 1 aliphatic carbocycles. The molecular formula is C19H23F3N2O4. The van der Waals surface area contributed by atoms with Crippen LogP contribution in [0.1, 0.15) is 42.5 Å². The second-order valence-electron chi connectivity index (χ2n) is 6.75. The monoisotopic (exact) mass is 400 g/mol. The highest BCUT2D eigenvalue weighted by molar-refractivity contribution is 5.96. The quantitative estimate of drug-likeness (QED) is 0.718. The van der Waals surface area contributed by atoms with E-state index in [9.17, 15) is 27.6 Å². The van der Waals surface area contributed by atoms with Crippen LogP contribution in [0.3, 0.4) is 0 Å². The summed E-state index contributed by atoms with van der Waals surface area (Å²) in [4.78, 5) is 35.3. The molecule has 0 spiro atoms. The Morgan fingerprint density at radius 2 is 1.82 bits per heavy atom. The van der Waals surface area contributed by atoms with Crippen molar-refractivity contribution < 1.29 is 32.3 Å². The maximum absolute atomic E-state index is 12.9.